The van der Waals surface area contributed by atoms with Crippen molar-refractivity contribution in [1.29, 1.82) is 0 Å². The third-order valence-electron chi connectivity index (χ3n) is 15.8. The lowest BCUT2D eigenvalue weighted by atomic mass is 9.95. The molecule has 41 heteroatoms. The molecule has 36 atom stereocenters. The number of nitrogens with two attached hydrogens (primary N) is 2. The Morgan fingerprint density at radius 2 is 0.607 bits per heavy atom. The van der Waals surface area contributed by atoms with Gasteiger partial charge in [-0.25, -0.2) is 9.78 Å². The van der Waals surface area contributed by atoms with Crippen molar-refractivity contribution in [3.63, 3.8) is 0 Å². The van der Waals surface area contributed by atoms with Crippen LogP contribution in [-0.4, -0.2) is 396 Å². The topological polar surface area (TPSA) is 640 Å². The van der Waals surface area contributed by atoms with Gasteiger partial charge in [-0.05, 0) is 6.92 Å². The fourth-order valence-electron chi connectivity index (χ4n) is 10.6. The van der Waals surface area contributed by atoms with Crippen LogP contribution in [0.25, 0.3) is 0 Å². The molecule has 16 fully saturated rings. The van der Waals surface area contributed by atoms with Gasteiger partial charge in [-0.1, -0.05) is 0 Å². The number of aliphatic carboxylic acids is 2. The van der Waals surface area contributed by atoms with Crippen LogP contribution >= 0.6 is 23.5 Å². The first kappa shape index (κ1) is 74.6. The smallest absolute Gasteiger partial charge is 0.321 e. The normalized spacial score (nSPS) is 47.8. The highest BCUT2D eigenvalue weighted by Crippen LogP contribution is 2.39. The molecule has 12 bridgehead atoms. The molecule has 0 aromatic heterocycles. The Hall–Kier alpha value is -1.76. The minimum Gasteiger partial charge on any atom is -0.480 e. The zero-order valence-corrected chi connectivity index (χ0v) is 48.7. The van der Waals surface area contributed by atoms with E-state index >= 15 is 0 Å². The molecule has 16 saturated heterocycles. The van der Waals surface area contributed by atoms with Gasteiger partial charge in [-0.2, -0.15) is 23.5 Å². The number of thioether (sulfide) groups is 2. The molecular formula is C48H82N2O37S2. The Labute approximate surface area is 512 Å². The van der Waals surface area contributed by atoms with Crippen LogP contribution in [0.3, 0.4) is 0 Å². The van der Waals surface area contributed by atoms with Crippen LogP contribution in [0.1, 0.15) is 6.92 Å². The molecule has 89 heavy (non-hydrogen) atoms. The summed E-state index contributed by atoms with van der Waals surface area (Å²) in [6.07, 6.45) is -69.8. The maximum Gasteiger partial charge on any atom is 0.321 e. The molecule has 16 aliphatic rings. The van der Waals surface area contributed by atoms with Gasteiger partial charge in [0, 0.05) is 23.0 Å². The molecule has 16 rings (SSSR count). The highest BCUT2D eigenvalue weighted by Gasteiger charge is 2.59. The first-order valence-corrected chi connectivity index (χ1v) is 30.3. The second-order valence-electron chi connectivity index (χ2n) is 22.1. The molecule has 18 unspecified atom stereocenters. The van der Waals surface area contributed by atoms with Crippen LogP contribution in [-0.2, 0) is 76.2 Å². The van der Waals surface area contributed by atoms with E-state index in [0.717, 1.165) is 30.4 Å². The third-order valence-corrected chi connectivity index (χ3v) is 18.1. The summed E-state index contributed by atoms with van der Waals surface area (Å²) in [4.78, 5) is 34.2. The summed E-state index contributed by atoms with van der Waals surface area (Å²) in [7, 11) is 0. The summed E-state index contributed by atoms with van der Waals surface area (Å²) in [5.41, 5.74) is 11.4. The standard InChI is InChI=1S/C48H82N2O37S2/c1-11(56)21(57)38-18(6-55)86-87-40-20(10-89-8-13(50)42(72)73)79-48(33(69)27(40)63)83-37-17(5-54)75-44(29(65)23(37)59)81-35-15(3-52)77-46(31(67)25(35)61)85-39-19(9-88-7-12(49)41(70)71)78-47(32(68)26(39)62)82-36-16(4-53)74-43(28(64)22(36)58)80-34-14(2-51)76-45(84-38)30(66)24(34)60/h11-40,43-48,51-69H,2-10,49-50H2,1H3,(H,70,71)(H,72,73)/t11-,12-,13-,14?,15?,16?,17?,18?,19?,20?,21?,22?,23-,24?,25?,26?,27-,28?,29?,30?,31?,32?,33?,34-,35-,36-,37-,38-,39-,40-,43-,44+,45-,46+,47+,48-/m1/s1. The van der Waals surface area contributed by atoms with Gasteiger partial charge < -0.3 is 176 Å². The van der Waals surface area contributed by atoms with Crippen molar-refractivity contribution in [1.82, 2.24) is 0 Å². The molecule has 0 radical (unpaired) electrons. The van der Waals surface area contributed by atoms with E-state index in [0.29, 0.717) is 0 Å². The van der Waals surface area contributed by atoms with E-state index in [1.807, 2.05) is 0 Å². The van der Waals surface area contributed by atoms with Crippen molar-refractivity contribution in [2.75, 3.05) is 56.0 Å². The van der Waals surface area contributed by atoms with Crippen LogP contribution in [0.5, 0.6) is 0 Å². The van der Waals surface area contributed by atoms with E-state index in [1.54, 1.807) is 0 Å². The van der Waals surface area contributed by atoms with E-state index in [9.17, 15) is 117 Å². The predicted octanol–water partition coefficient (Wildman–Crippen LogP) is -14.3. The minimum atomic E-state index is -2.32. The van der Waals surface area contributed by atoms with Gasteiger partial charge in [0.15, 0.2) is 37.7 Å². The second-order valence-corrected chi connectivity index (χ2v) is 24.2. The van der Waals surface area contributed by atoms with Gasteiger partial charge in [-0.15, -0.1) is 0 Å². The molecule has 16 heterocycles. The summed E-state index contributed by atoms with van der Waals surface area (Å²) < 4.78 is 69.9. The maximum absolute atomic E-state index is 11.7. The lowest BCUT2D eigenvalue weighted by Gasteiger charge is -2.50. The molecule has 0 aromatic rings. The van der Waals surface area contributed by atoms with Gasteiger partial charge in [0.2, 0.25) is 0 Å². The van der Waals surface area contributed by atoms with Crippen molar-refractivity contribution in [2.24, 2.45) is 11.5 Å². The van der Waals surface area contributed by atoms with Crippen molar-refractivity contribution in [2.45, 2.75) is 228 Å². The molecule has 0 spiro atoms. The highest BCUT2D eigenvalue weighted by molar-refractivity contribution is 7.99. The van der Waals surface area contributed by atoms with Crippen LogP contribution < -0.4 is 11.5 Å². The number of aliphatic hydroxyl groups is 19. The molecule has 0 saturated carbocycles. The van der Waals surface area contributed by atoms with Gasteiger partial charge in [0.25, 0.3) is 0 Å². The summed E-state index contributed by atoms with van der Waals surface area (Å²) in [5, 5.41) is 232. The predicted molar refractivity (Wildman–Crippen MR) is 282 cm³/mol. The first-order valence-electron chi connectivity index (χ1n) is 28.0. The van der Waals surface area contributed by atoms with Crippen LogP contribution in [0.2, 0.25) is 0 Å². The lowest BCUT2D eigenvalue weighted by Crippen LogP contribution is -2.68. The Morgan fingerprint density at radius 3 is 0.876 bits per heavy atom. The minimum absolute atomic E-state index is 0.320. The molecule has 0 amide bonds. The van der Waals surface area contributed by atoms with Crippen LogP contribution in [0.15, 0.2) is 0 Å². The highest BCUT2D eigenvalue weighted by atomic mass is 32.2. The average Bonchev–Trinajstić information content (AvgIpc) is 0.941. The van der Waals surface area contributed by atoms with Crippen molar-refractivity contribution in [3.8, 4) is 0 Å². The van der Waals surface area contributed by atoms with E-state index in [1.165, 1.54) is 0 Å². The number of aliphatic hydroxyl groups excluding tert-OH is 19. The quantitative estimate of drug-likeness (QED) is 0.0601. The number of hydrogen-bond acceptors (Lipinski definition) is 39. The number of carbonyl (C=O) groups is 2. The summed E-state index contributed by atoms with van der Waals surface area (Å²) in [6, 6.07) is -2.95. The molecule has 16 aliphatic heterocycles. The zero-order chi connectivity index (χ0) is 65.6. The van der Waals surface area contributed by atoms with E-state index < -0.39 is 277 Å². The molecule has 25 N–H and O–H groups in total. The largest absolute Gasteiger partial charge is 0.480 e. The summed E-state index contributed by atoms with van der Waals surface area (Å²) in [6.45, 7) is -4.59. The fourth-order valence-corrected chi connectivity index (χ4v) is 12.7. The number of hydrogen-bond donors (Lipinski definition) is 23. The monoisotopic (exact) mass is 1340 g/mol. The Balaban J connectivity index is 1.23. The number of carboxylic acids is 2. The second kappa shape index (κ2) is 33.3. The summed E-state index contributed by atoms with van der Waals surface area (Å²) >= 11 is 1.58. The van der Waals surface area contributed by atoms with Gasteiger partial charge in [-0.3, -0.25) is 9.59 Å². The third kappa shape index (κ3) is 17.1. The SMILES string of the molecule is C[C@@H](O)C(O)[C@@H]1O[C@H]2OC(CO)[C@@H](O[C@H]3OC(CO)[C@@H](O[C@@H]4OC(CSC[C@@H](N)C(=O)O)[C@@H](O[C@@H]5OC(CO)[C@@H](O[C@@H]6OC(CO)[C@@H](O[C@H]7OC(CSC[C@@H](N)C(=O)O)[C@@H](OOC1CO)[C@H](O)C7O)[C@H](O)C6O)C(O)C5O)C(O)C4O)C(O)C3O)C(O)C2O. The fraction of sp³-hybridized carbons (Fsp3) is 0.958. The zero-order valence-electron chi connectivity index (χ0n) is 47.0. The average molecular weight is 1340 g/mol. The molecule has 0 aromatic carbocycles. The van der Waals surface area contributed by atoms with Gasteiger partial charge in [0.1, 0.15) is 171 Å². The van der Waals surface area contributed by atoms with Gasteiger partial charge >= 0.3 is 11.9 Å². The number of rotatable bonds is 17. The van der Waals surface area contributed by atoms with Crippen molar-refractivity contribution < 1.29 is 183 Å². The van der Waals surface area contributed by atoms with E-state index in [2.05, 4.69) is 0 Å². The number of ether oxygens (including phenoxy) is 12. The van der Waals surface area contributed by atoms with Crippen LogP contribution in [0, 0.1) is 0 Å². The molecule has 518 valence electrons. The Kier molecular flexibility index (Phi) is 27.9. The summed E-state index contributed by atoms with van der Waals surface area (Å²) in [5.74, 6) is -4.31. The van der Waals surface area contributed by atoms with Crippen LogP contribution in [0.4, 0.5) is 0 Å². The van der Waals surface area contributed by atoms with Crippen molar-refractivity contribution >= 4 is 35.5 Å². The maximum atomic E-state index is 11.7. The first-order chi connectivity index (χ1) is 42.1. The molecule has 0 aliphatic carbocycles. The Morgan fingerprint density at radius 1 is 0.360 bits per heavy atom. The van der Waals surface area contributed by atoms with E-state index in [4.69, 9.17) is 78.1 Å². The number of carboxylic acid groups (broad SMARTS) is 2. The van der Waals surface area contributed by atoms with E-state index in [-0.39, 0.29) is 11.5 Å². The van der Waals surface area contributed by atoms with Crippen molar-refractivity contribution in [3.05, 3.63) is 0 Å². The molecule has 39 nitrogen and oxygen atoms in total. The lowest BCUT2D eigenvalue weighted by molar-refractivity contribution is -0.431. The molecular weight excluding hydrogens is 1260 g/mol. The van der Waals surface area contributed by atoms with Gasteiger partial charge in [0.05, 0.1) is 45.2 Å². The Bertz CT molecular complexity index is 2180.